The highest BCUT2D eigenvalue weighted by atomic mass is 16.5. The van der Waals surface area contributed by atoms with E-state index in [1.54, 1.807) is 0 Å². The Morgan fingerprint density at radius 1 is 1.14 bits per heavy atom. The van der Waals surface area contributed by atoms with E-state index >= 15 is 0 Å². The molecular formula is C14H26N6O. The number of rotatable bonds is 7. The van der Waals surface area contributed by atoms with Crippen molar-refractivity contribution < 1.29 is 4.74 Å². The first-order valence-electron chi connectivity index (χ1n) is 7.79. The summed E-state index contributed by atoms with van der Waals surface area (Å²) in [5.41, 5.74) is 0. The third kappa shape index (κ3) is 5.00. The van der Waals surface area contributed by atoms with Gasteiger partial charge in [0.25, 0.3) is 0 Å². The van der Waals surface area contributed by atoms with E-state index in [4.69, 9.17) is 4.74 Å². The van der Waals surface area contributed by atoms with Gasteiger partial charge in [0.1, 0.15) is 0 Å². The standard InChI is InChI=1S/C14H26N6O/c1-4-8-15-12-17-13(19-14(18-12)21-5-2)16-11-6-9-20(3)10-7-11/h11H,4-10H2,1-3H3,(H2,15,16,17,18,19). The van der Waals surface area contributed by atoms with E-state index in [9.17, 15) is 0 Å². The van der Waals surface area contributed by atoms with Gasteiger partial charge in [-0.25, -0.2) is 0 Å². The SMILES string of the molecule is CCCNc1nc(NC2CCN(C)CC2)nc(OCC)n1. The van der Waals surface area contributed by atoms with Crippen molar-refractivity contribution in [1.82, 2.24) is 19.9 Å². The first kappa shape index (κ1) is 15.8. The summed E-state index contributed by atoms with van der Waals surface area (Å²) in [7, 11) is 2.15. The largest absolute Gasteiger partial charge is 0.464 e. The maximum absolute atomic E-state index is 5.42. The molecule has 0 radical (unpaired) electrons. The summed E-state index contributed by atoms with van der Waals surface area (Å²) in [4.78, 5) is 15.4. The van der Waals surface area contributed by atoms with Gasteiger partial charge in [0.05, 0.1) is 6.61 Å². The summed E-state index contributed by atoms with van der Waals surface area (Å²) in [6.45, 7) is 7.61. The summed E-state index contributed by atoms with van der Waals surface area (Å²) in [6, 6.07) is 0.790. The Morgan fingerprint density at radius 3 is 2.52 bits per heavy atom. The van der Waals surface area contributed by atoms with Gasteiger partial charge in [-0.2, -0.15) is 15.0 Å². The van der Waals surface area contributed by atoms with E-state index in [1.165, 1.54) is 0 Å². The van der Waals surface area contributed by atoms with Gasteiger partial charge in [0, 0.05) is 12.6 Å². The molecule has 21 heavy (non-hydrogen) atoms. The van der Waals surface area contributed by atoms with E-state index in [0.717, 1.165) is 38.9 Å². The van der Waals surface area contributed by atoms with Crippen LogP contribution in [0.4, 0.5) is 11.9 Å². The molecule has 0 aromatic carbocycles. The zero-order valence-electron chi connectivity index (χ0n) is 13.2. The summed E-state index contributed by atoms with van der Waals surface area (Å²) in [5.74, 6) is 1.17. The first-order valence-corrected chi connectivity index (χ1v) is 7.79. The Bertz CT molecular complexity index is 433. The molecular weight excluding hydrogens is 268 g/mol. The summed E-state index contributed by atoms with van der Waals surface area (Å²) >= 11 is 0. The molecule has 1 fully saturated rings. The molecule has 7 nitrogen and oxygen atoms in total. The normalized spacial score (nSPS) is 16.7. The van der Waals surface area contributed by atoms with E-state index in [1.807, 2.05) is 6.92 Å². The maximum atomic E-state index is 5.42. The molecule has 0 aliphatic carbocycles. The number of ether oxygens (including phenoxy) is 1. The number of nitrogens with one attached hydrogen (secondary N) is 2. The average Bonchev–Trinajstić information content (AvgIpc) is 2.48. The van der Waals surface area contributed by atoms with Crippen LogP contribution in [0.3, 0.4) is 0 Å². The van der Waals surface area contributed by atoms with Crippen LogP contribution >= 0.6 is 0 Å². The Morgan fingerprint density at radius 2 is 1.86 bits per heavy atom. The Labute approximate surface area is 126 Å². The van der Waals surface area contributed by atoms with Gasteiger partial charge in [-0.3, -0.25) is 0 Å². The van der Waals surface area contributed by atoms with E-state index in [2.05, 4.69) is 44.5 Å². The molecule has 1 aliphatic heterocycles. The number of piperidine rings is 1. The van der Waals surface area contributed by atoms with Crippen molar-refractivity contribution in [1.29, 1.82) is 0 Å². The Hall–Kier alpha value is -1.63. The number of likely N-dealkylation sites (tertiary alicyclic amines) is 1. The molecule has 0 amide bonds. The lowest BCUT2D eigenvalue weighted by molar-refractivity contribution is 0.263. The molecule has 2 rings (SSSR count). The predicted molar refractivity (Wildman–Crippen MR) is 83.9 cm³/mol. The zero-order chi connectivity index (χ0) is 15.1. The Balaban J connectivity index is 2.03. The summed E-state index contributed by atoms with van der Waals surface area (Å²) in [6.07, 6.45) is 3.22. The van der Waals surface area contributed by atoms with Gasteiger partial charge in [0.2, 0.25) is 11.9 Å². The van der Waals surface area contributed by atoms with Crippen LogP contribution in [0, 0.1) is 0 Å². The van der Waals surface area contributed by atoms with Crippen LogP contribution in [-0.4, -0.2) is 59.2 Å². The number of aromatic nitrogens is 3. The van der Waals surface area contributed by atoms with Gasteiger partial charge in [-0.05, 0) is 46.3 Å². The molecule has 7 heteroatoms. The van der Waals surface area contributed by atoms with Crippen molar-refractivity contribution in [2.75, 3.05) is 43.9 Å². The van der Waals surface area contributed by atoms with Crippen LogP contribution in [0.1, 0.15) is 33.1 Å². The van der Waals surface area contributed by atoms with Crippen LogP contribution < -0.4 is 15.4 Å². The van der Waals surface area contributed by atoms with Gasteiger partial charge in [-0.1, -0.05) is 6.92 Å². The monoisotopic (exact) mass is 294 g/mol. The topological polar surface area (TPSA) is 75.2 Å². The van der Waals surface area contributed by atoms with E-state index in [-0.39, 0.29) is 0 Å². The molecule has 0 bridgehead atoms. The lowest BCUT2D eigenvalue weighted by Crippen LogP contribution is -2.37. The molecule has 0 spiro atoms. The second-order valence-electron chi connectivity index (χ2n) is 5.35. The van der Waals surface area contributed by atoms with Crippen LogP contribution in [0.2, 0.25) is 0 Å². The van der Waals surface area contributed by atoms with Gasteiger partial charge < -0.3 is 20.3 Å². The minimum Gasteiger partial charge on any atom is -0.464 e. The summed E-state index contributed by atoms with van der Waals surface area (Å²) < 4.78 is 5.42. The van der Waals surface area contributed by atoms with Crippen molar-refractivity contribution in [3.8, 4) is 6.01 Å². The molecule has 0 saturated carbocycles. The molecule has 0 unspecified atom stereocenters. The van der Waals surface area contributed by atoms with E-state index in [0.29, 0.717) is 30.6 Å². The number of anilines is 2. The van der Waals surface area contributed by atoms with Crippen molar-refractivity contribution in [3.05, 3.63) is 0 Å². The fourth-order valence-corrected chi connectivity index (χ4v) is 2.27. The molecule has 0 atom stereocenters. The lowest BCUT2D eigenvalue weighted by Gasteiger charge is -2.29. The fourth-order valence-electron chi connectivity index (χ4n) is 2.27. The van der Waals surface area contributed by atoms with Crippen molar-refractivity contribution in [3.63, 3.8) is 0 Å². The molecule has 1 aromatic rings. The highest BCUT2D eigenvalue weighted by molar-refractivity contribution is 5.36. The minimum absolute atomic E-state index is 0.376. The second kappa shape index (κ2) is 7.97. The third-order valence-electron chi connectivity index (χ3n) is 3.47. The second-order valence-corrected chi connectivity index (χ2v) is 5.35. The summed E-state index contributed by atoms with van der Waals surface area (Å²) in [5, 5.41) is 6.60. The van der Waals surface area contributed by atoms with Gasteiger partial charge >= 0.3 is 6.01 Å². The minimum atomic E-state index is 0.376. The number of hydrogen-bond donors (Lipinski definition) is 2. The first-order chi connectivity index (χ1) is 10.2. The van der Waals surface area contributed by atoms with Gasteiger partial charge in [0.15, 0.2) is 0 Å². The van der Waals surface area contributed by atoms with Crippen molar-refractivity contribution >= 4 is 11.9 Å². The number of nitrogens with zero attached hydrogens (tertiary/aromatic N) is 4. The highest BCUT2D eigenvalue weighted by Gasteiger charge is 2.18. The van der Waals surface area contributed by atoms with Gasteiger partial charge in [-0.15, -0.1) is 0 Å². The lowest BCUT2D eigenvalue weighted by atomic mass is 10.1. The van der Waals surface area contributed by atoms with Crippen LogP contribution in [0.15, 0.2) is 0 Å². The third-order valence-corrected chi connectivity index (χ3v) is 3.47. The molecule has 2 N–H and O–H groups in total. The zero-order valence-corrected chi connectivity index (χ0v) is 13.2. The Kier molecular flexibility index (Phi) is 5.98. The van der Waals surface area contributed by atoms with Crippen LogP contribution in [0.5, 0.6) is 6.01 Å². The molecule has 1 aliphatic rings. The predicted octanol–water partition coefficient (Wildman–Crippen LogP) is 1.60. The highest BCUT2D eigenvalue weighted by Crippen LogP contribution is 2.16. The fraction of sp³-hybridized carbons (Fsp3) is 0.786. The molecule has 118 valence electrons. The number of hydrogen-bond acceptors (Lipinski definition) is 7. The van der Waals surface area contributed by atoms with Crippen LogP contribution in [0.25, 0.3) is 0 Å². The maximum Gasteiger partial charge on any atom is 0.323 e. The van der Waals surface area contributed by atoms with Crippen LogP contribution in [-0.2, 0) is 0 Å². The molecule has 2 heterocycles. The quantitative estimate of drug-likeness (QED) is 0.791. The van der Waals surface area contributed by atoms with E-state index < -0.39 is 0 Å². The smallest absolute Gasteiger partial charge is 0.323 e. The molecule has 1 aromatic heterocycles. The van der Waals surface area contributed by atoms with Crippen molar-refractivity contribution in [2.24, 2.45) is 0 Å². The molecule has 1 saturated heterocycles. The average molecular weight is 294 g/mol. The van der Waals surface area contributed by atoms with Crippen molar-refractivity contribution in [2.45, 2.75) is 39.2 Å².